The van der Waals surface area contributed by atoms with E-state index in [1.807, 2.05) is 6.07 Å². The summed E-state index contributed by atoms with van der Waals surface area (Å²) in [5.74, 6) is 0. The second kappa shape index (κ2) is 8.74. The van der Waals surface area contributed by atoms with Crippen LogP contribution in [0.4, 0.5) is 0 Å². The lowest BCUT2D eigenvalue weighted by atomic mass is 10.2. The minimum absolute atomic E-state index is 0.940. The summed E-state index contributed by atoms with van der Waals surface area (Å²) in [7, 11) is 0. The van der Waals surface area contributed by atoms with Crippen molar-refractivity contribution in [2.75, 3.05) is 19.6 Å². The fourth-order valence-corrected chi connectivity index (χ4v) is 1.93. The molecule has 0 amide bonds. The van der Waals surface area contributed by atoms with E-state index in [1.54, 1.807) is 0 Å². The summed E-state index contributed by atoms with van der Waals surface area (Å²) in [6.07, 6.45) is 2.40. The molecule has 0 aromatic heterocycles. The largest absolute Gasteiger partial charge is 0.317 e. The predicted molar refractivity (Wildman–Crippen MR) is 73.6 cm³/mol. The highest BCUT2D eigenvalue weighted by Gasteiger charge is 1.96. The highest BCUT2D eigenvalue weighted by molar-refractivity contribution is 9.10. The Morgan fingerprint density at radius 1 is 1.06 bits per heavy atom. The molecule has 90 valence electrons. The zero-order chi connectivity index (χ0) is 11.6. The van der Waals surface area contributed by atoms with E-state index in [4.69, 9.17) is 0 Å². The summed E-state index contributed by atoms with van der Waals surface area (Å²) in [5.41, 5.74) is 1.32. The Morgan fingerprint density at radius 3 is 2.56 bits per heavy atom. The van der Waals surface area contributed by atoms with E-state index < -0.39 is 0 Å². The van der Waals surface area contributed by atoms with Gasteiger partial charge >= 0.3 is 0 Å². The molecule has 0 fully saturated rings. The molecule has 0 aliphatic carbocycles. The Bertz CT molecular complexity index is 289. The van der Waals surface area contributed by atoms with Gasteiger partial charge < -0.3 is 10.6 Å². The van der Waals surface area contributed by atoms with Crippen LogP contribution in [0, 0.1) is 0 Å². The van der Waals surface area contributed by atoms with Gasteiger partial charge in [0.2, 0.25) is 0 Å². The van der Waals surface area contributed by atoms with E-state index in [0.29, 0.717) is 0 Å². The van der Waals surface area contributed by atoms with E-state index in [1.165, 1.54) is 22.9 Å². The van der Waals surface area contributed by atoms with E-state index in [0.717, 1.165) is 26.2 Å². The van der Waals surface area contributed by atoms with Crippen LogP contribution in [-0.2, 0) is 6.54 Å². The van der Waals surface area contributed by atoms with Crippen molar-refractivity contribution < 1.29 is 0 Å². The minimum atomic E-state index is 0.940. The first kappa shape index (κ1) is 13.7. The SMILES string of the molecule is CCCNCCCNCc1ccccc1Br. The first-order valence-electron chi connectivity index (χ1n) is 5.99. The average Bonchev–Trinajstić information content (AvgIpc) is 2.30. The molecule has 0 spiro atoms. The maximum Gasteiger partial charge on any atom is 0.0220 e. The first-order valence-corrected chi connectivity index (χ1v) is 6.78. The van der Waals surface area contributed by atoms with Crippen LogP contribution in [0.15, 0.2) is 28.7 Å². The van der Waals surface area contributed by atoms with Crippen molar-refractivity contribution in [3.63, 3.8) is 0 Å². The molecular formula is C13H21BrN2. The van der Waals surface area contributed by atoms with Crippen LogP contribution in [0.2, 0.25) is 0 Å². The predicted octanol–water partition coefficient (Wildman–Crippen LogP) is 2.93. The van der Waals surface area contributed by atoms with Crippen LogP contribution in [0.25, 0.3) is 0 Å². The third kappa shape index (κ3) is 5.64. The highest BCUT2D eigenvalue weighted by atomic mass is 79.9. The van der Waals surface area contributed by atoms with E-state index in [9.17, 15) is 0 Å². The van der Waals surface area contributed by atoms with E-state index in [2.05, 4.69) is 51.7 Å². The maximum atomic E-state index is 3.55. The molecule has 0 heterocycles. The number of hydrogen-bond donors (Lipinski definition) is 2. The second-order valence-corrected chi connectivity index (χ2v) is 4.73. The molecule has 0 bridgehead atoms. The lowest BCUT2D eigenvalue weighted by Crippen LogP contribution is -2.22. The molecule has 2 N–H and O–H groups in total. The van der Waals surface area contributed by atoms with Crippen LogP contribution in [-0.4, -0.2) is 19.6 Å². The van der Waals surface area contributed by atoms with Crippen LogP contribution in [0.5, 0.6) is 0 Å². The molecule has 2 nitrogen and oxygen atoms in total. The lowest BCUT2D eigenvalue weighted by Gasteiger charge is -2.07. The second-order valence-electron chi connectivity index (χ2n) is 3.87. The third-order valence-electron chi connectivity index (χ3n) is 2.41. The van der Waals surface area contributed by atoms with Gasteiger partial charge in [0.05, 0.1) is 0 Å². The summed E-state index contributed by atoms with van der Waals surface area (Å²) in [6.45, 7) is 6.44. The van der Waals surface area contributed by atoms with Gasteiger partial charge in [0, 0.05) is 11.0 Å². The van der Waals surface area contributed by atoms with Crippen LogP contribution < -0.4 is 10.6 Å². The maximum absolute atomic E-state index is 3.55. The monoisotopic (exact) mass is 284 g/mol. The lowest BCUT2D eigenvalue weighted by molar-refractivity contribution is 0.592. The standard InChI is InChI=1S/C13H21BrN2/c1-2-8-15-9-5-10-16-11-12-6-3-4-7-13(12)14/h3-4,6-7,15-16H,2,5,8-11H2,1H3. The van der Waals surface area contributed by atoms with Crippen molar-refractivity contribution in [2.24, 2.45) is 0 Å². The van der Waals surface area contributed by atoms with Gasteiger partial charge in [-0.05, 0) is 44.1 Å². The quantitative estimate of drug-likeness (QED) is 0.718. The van der Waals surface area contributed by atoms with Gasteiger partial charge in [-0.1, -0.05) is 41.1 Å². The summed E-state index contributed by atoms with van der Waals surface area (Å²) < 4.78 is 1.19. The zero-order valence-electron chi connectivity index (χ0n) is 9.93. The average molecular weight is 285 g/mol. The Labute approximate surface area is 107 Å². The van der Waals surface area contributed by atoms with Gasteiger partial charge in [-0.3, -0.25) is 0 Å². The van der Waals surface area contributed by atoms with Gasteiger partial charge in [0.15, 0.2) is 0 Å². The minimum Gasteiger partial charge on any atom is -0.317 e. The molecule has 0 unspecified atom stereocenters. The molecule has 0 radical (unpaired) electrons. The van der Waals surface area contributed by atoms with Gasteiger partial charge in [-0.15, -0.1) is 0 Å². The number of hydrogen-bond acceptors (Lipinski definition) is 2. The normalized spacial score (nSPS) is 10.6. The highest BCUT2D eigenvalue weighted by Crippen LogP contribution is 2.14. The van der Waals surface area contributed by atoms with Crippen molar-refractivity contribution >= 4 is 15.9 Å². The van der Waals surface area contributed by atoms with Gasteiger partial charge in [0.25, 0.3) is 0 Å². The van der Waals surface area contributed by atoms with E-state index >= 15 is 0 Å². The number of benzene rings is 1. The number of nitrogens with one attached hydrogen (secondary N) is 2. The molecule has 0 aliphatic rings. The Balaban J connectivity index is 2.05. The molecule has 1 aromatic rings. The zero-order valence-corrected chi connectivity index (χ0v) is 11.5. The molecule has 0 atom stereocenters. The molecule has 16 heavy (non-hydrogen) atoms. The van der Waals surface area contributed by atoms with Crippen molar-refractivity contribution in [3.05, 3.63) is 34.3 Å². The molecule has 0 saturated heterocycles. The van der Waals surface area contributed by atoms with Crippen molar-refractivity contribution in [1.29, 1.82) is 0 Å². The smallest absolute Gasteiger partial charge is 0.0220 e. The van der Waals surface area contributed by atoms with Crippen molar-refractivity contribution in [2.45, 2.75) is 26.3 Å². The van der Waals surface area contributed by atoms with Gasteiger partial charge in [-0.25, -0.2) is 0 Å². The number of rotatable bonds is 8. The molecule has 1 aromatic carbocycles. The van der Waals surface area contributed by atoms with Crippen LogP contribution >= 0.6 is 15.9 Å². The fourth-order valence-electron chi connectivity index (χ4n) is 1.50. The topological polar surface area (TPSA) is 24.1 Å². The first-order chi connectivity index (χ1) is 7.84. The fraction of sp³-hybridized carbons (Fsp3) is 0.538. The molecular weight excluding hydrogens is 264 g/mol. The molecule has 3 heteroatoms. The van der Waals surface area contributed by atoms with Gasteiger partial charge in [0.1, 0.15) is 0 Å². The summed E-state index contributed by atoms with van der Waals surface area (Å²) >= 11 is 3.55. The van der Waals surface area contributed by atoms with E-state index in [-0.39, 0.29) is 0 Å². The van der Waals surface area contributed by atoms with Crippen molar-refractivity contribution in [1.82, 2.24) is 10.6 Å². The molecule has 1 rings (SSSR count). The Hall–Kier alpha value is -0.380. The summed E-state index contributed by atoms with van der Waals surface area (Å²) in [4.78, 5) is 0. The van der Waals surface area contributed by atoms with Crippen LogP contribution in [0.3, 0.4) is 0 Å². The summed E-state index contributed by atoms with van der Waals surface area (Å²) in [5, 5.41) is 6.85. The third-order valence-corrected chi connectivity index (χ3v) is 3.18. The van der Waals surface area contributed by atoms with Crippen molar-refractivity contribution in [3.8, 4) is 0 Å². The Morgan fingerprint density at radius 2 is 1.81 bits per heavy atom. The van der Waals surface area contributed by atoms with Gasteiger partial charge in [-0.2, -0.15) is 0 Å². The van der Waals surface area contributed by atoms with Crippen LogP contribution in [0.1, 0.15) is 25.3 Å². The summed E-state index contributed by atoms with van der Waals surface area (Å²) in [6, 6.07) is 8.35. The number of halogens is 1. The Kier molecular flexibility index (Phi) is 7.47. The molecule has 0 saturated carbocycles. The molecule has 0 aliphatic heterocycles.